The van der Waals surface area contributed by atoms with Crippen molar-refractivity contribution in [1.82, 2.24) is 5.32 Å². The van der Waals surface area contributed by atoms with E-state index in [1.165, 1.54) is 12.1 Å². The van der Waals surface area contributed by atoms with Crippen LogP contribution in [-0.4, -0.2) is 42.0 Å². The molecule has 41 heavy (non-hydrogen) atoms. The van der Waals surface area contributed by atoms with Crippen molar-refractivity contribution in [2.45, 2.75) is 49.8 Å². The number of alkyl halides is 3. The number of benzene rings is 3. The average molecular weight is 590 g/mol. The first kappa shape index (κ1) is 28.7. The van der Waals surface area contributed by atoms with Crippen molar-refractivity contribution in [3.8, 4) is 5.75 Å². The lowest BCUT2D eigenvalue weighted by atomic mass is 9.84. The Morgan fingerprint density at radius 1 is 0.976 bits per heavy atom. The van der Waals surface area contributed by atoms with Crippen molar-refractivity contribution in [2.24, 2.45) is 0 Å². The van der Waals surface area contributed by atoms with Gasteiger partial charge in [-0.25, -0.2) is 4.79 Å². The Labute approximate surface area is 238 Å². The minimum absolute atomic E-state index is 0.0934. The van der Waals surface area contributed by atoms with Gasteiger partial charge in [0.05, 0.1) is 24.7 Å². The molecule has 0 aromatic heterocycles. The summed E-state index contributed by atoms with van der Waals surface area (Å²) in [5, 5.41) is 18.7. The van der Waals surface area contributed by atoms with E-state index >= 15 is 0 Å². The van der Waals surface area contributed by atoms with Crippen LogP contribution >= 0.6 is 11.6 Å². The van der Waals surface area contributed by atoms with Crippen molar-refractivity contribution in [2.75, 3.05) is 17.2 Å². The fraction of sp³-hybridized carbons (Fsp3) is 0.310. The summed E-state index contributed by atoms with van der Waals surface area (Å²) in [6.45, 7) is 0.0480. The number of aliphatic hydroxyl groups is 1. The predicted molar refractivity (Wildman–Crippen MR) is 146 cm³/mol. The number of amides is 3. The molecular formula is C29H27ClF3N3O5. The molecule has 0 spiro atoms. The minimum Gasteiger partial charge on any atom is -0.487 e. The summed E-state index contributed by atoms with van der Waals surface area (Å²) in [5.41, 5.74) is 1.54. The number of hydrogen-bond acceptors (Lipinski definition) is 5. The van der Waals surface area contributed by atoms with Gasteiger partial charge in [0.25, 0.3) is 0 Å². The number of hydrogen-bond donors (Lipinski definition) is 4. The van der Waals surface area contributed by atoms with Crippen LogP contribution in [0.25, 0.3) is 0 Å². The molecule has 0 saturated carbocycles. The number of urea groups is 1. The zero-order valence-corrected chi connectivity index (χ0v) is 22.3. The van der Waals surface area contributed by atoms with Crippen LogP contribution in [0.2, 0.25) is 5.02 Å². The Kier molecular flexibility index (Phi) is 8.39. The molecule has 3 aromatic carbocycles. The third-order valence-corrected chi connectivity index (χ3v) is 7.30. The SMILES string of the molecule is O=C(C[C@H]1C[C@H]2c3cc(NC(=O)Nc4ccc(C(F)(F)F)cc4)ccc3O[C@H]2[C@@H](CO)O1)NCc1ccc(Cl)cc1. The Bertz CT molecular complexity index is 1400. The predicted octanol–water partition coefficient (Wildman–Crippen LogP) is 5.70. The number of carbonyl (C=O) groups excluding carboxylic acids is 2. The van der Waals surface area contributed by atoms with E-state index in [2.05, 4.69) is 16.0 Å². The second kappa shape index (κ2) is 12.0. The highest BCUT2D eigenvalue weighted by atomic mass is 35.5. The first-order valence-electron chi connectivity index (χ1n) is 12.9. The Morgan fingerprint density at radius 3 is 2.34 bits per heavy atom. The fourth-order valence-corrected chi connectivity index (χ4v) is 5.21. The van der Waals surface area contributed by atoms with Gasteiger partial charge in [0, 0.05) is 34.4 Å². The van der Waals surface area contributed by atoms with Crippen LogP contribution in [0.1, 0.15) is 35.4 Å². The van der Waals surface area contributed by atoms with Crippen LogP contribution in [-0.2, 0) is 22.3 Å². The van der Waals surface area contributed by atoms with Crippen LogP contribution < -0.4 is 20.7 Å². The molecule has 0 bridgehead atoms. The Morgan fingerprint density at radius 2 is 1.66 bits per heavy atom. The first-order chi connectivity index (χ1) is 19.6. The lowest BCUT2D eigenvalue weighted by molar-refractivity contribution is -0.142. The number of ether oxygens (including phenoxy) is 2. The molecule has 8 nitrogen and oxygen atoms in total. The lowest BCUT2D eigenvalue weighted by Gasteiger charge is -2.37. The quantitative estimate of drug-likeness (QED) is 0.283. The van der Waals surface area contributed by atoms with Gasteiger partial charge in [0.2, 0.25) is 5.91 Å². The molecule has 1 fully saturated rings. The maximum Gasteiger partial charge on any atom is 0.416 e. The third kappa shape index (κ3) is 6.92. The molecule has 1 saturated heterocycles. The van der Waals surface area contributed by atoms with Crippen LogP contribution in [0.3, 0.4) is 0 Å². The molecular weight excluding hydrogens is 563 g/mol. The van der Waals surface area contributed by atoms with Crippen molar-refractivity contribution < 1.29 is 37.3 Å². The van der Waals surface area contributed by atoms with Gasteiger partial charge in [0.1, 0.15) is 18.0 Å². The molecule has 2 aliphatic heterocycles. The normalized spacial score (nSPS) is 21.3. The zero-order chi connectivity index (χ0) is 29.1. The topological polar surface area (TPSA) is 109 Å². The summed E-state index contributed by atoms with van der Waals surface area (Å²) in [6.07, 6.45) is -5.48. The van der Waals surface area contributed by atoms with E-state index in [4.69, 9.17) is 21.1 Å². The molecule has 4 N–H and O–H groups in total. The Balaban J connectivity index is 1.21. The minimum atomic E-state index is -4.47. The van der Waals surface area contributed by atoms with Gasteiger partial charge < -0.3 is 30.5 Å². The molecule has 5 rings (SSSR count). The summed E-state index contributed by atoms with van der Waals surface area (Å²) in [7, 11) is 0. The van der Waals surface area contributed by atoms with Gasteiger partial charge in [-0.1, -0.05) is 23.7 Å². The third-order valence-electron chi connectivity index (χ3n) is 7.04. The summed E-state index contributed by atoms with van der Waals surface area (Å²) >= 11 is 5.91. The van der Waals surface area contributed by atoms with Crippen LogP contribution in [0.15, 0.2) is 66.7 Å². The van der Waals surface area contributed by atoms with Gasteiger partial charge in [0.15, 0.2) is 0 Å². The van der Waals surface area contributed by atoms with E-state index < -0.39 is 36.1 Å². The van der Waals surface area contributed by atoms with E-state index in [-0.39, 0.29) is 30.5 Å². The number of nitrogens with one attached hydrogen (secondary N) is 3. The summed E-state index contributed by atoms with van der Waals surface area (Å²) in [6, 6.07) is 15.7. The molecule has 3 amide bonds. The lowest BCUT2D eigenvalue weighted by Crippen LogP contribution is -2.47. The number of carbonyl (C=O) groups is 2. The van der Waals surface area contributed by atoms with E-state index in [9.17, 15) is 27.9 Å². The number of fused-ring (bicyclic) bond motifs is 3. The van der Waals surface area contributed by atoms with Crippen molar-refractivity contribution in [3.05, 3.63) is 88.4 Å². The largest absolute Gasteiger partial charge is 0.487 e. The molecule has 12 heteroatoms. The highest BCUT2D eigenvalue weighted by Crippen LogP contribution is 2.47. The average Bonchev–Trinajstić information content (AvgIpc) is 3.30. The van der Waals surface area contributed by atoms with Gasteiger partial charge in [-0.2, -0.15) is 13.2 Å². The van der Waals surface area contributed by atoms with Crippen LogP contribution in [0, 0.1) is 0 Å². The monoisotopic (exact) mass is 589 g/mol. The number of anilines is 2. The van der Waals surface area contributed by atoms with E-state index in [1.807, 2.05) is 12.1 Å². The highest BCUT2D eigenvalue weighted by Gasteiger charge is 2.46. The molecule has 0 aliphatic carbocycles. The van der Waals surface area contributed by atoms with Crippen LogP contribution in [0.4, 0.5) is 29.3 Å². The van der Waals surface area contributed by atoms with E-state index in [1.54, 1.807) is 30.3 Å². The van der Waals surface area contributed by atoms with Crippen molar-refractivity contribution in [3.63, 3.8) is 0 Å². The van der Waals surface area contributed by atoms with Gasteiger partial charge in [-0.3, -0.25) is 4.79 Å². The summed E-state index contributed by atoms with van der Waals surface area (Å²) < 4.78 is 50.4. The maximum atomic E-state index is 12.8. The number of aliphatic hydroxyl groups excluding tert-OH is 1. The molecule has 216 valence electrons. The molecule has 0 unspecified atom stereocenters. The molecule has 4 atom stereocenters. The van der Waals surface area contributed by atoms with Gasteiger partial charge in [-0.15, -0.1) is 0 Å². The second-order valence-corrected chi connectivity index (χ2v) is 10.4. The summed E-state index contributed by atoms with van der Waals surface area (Å²) in [5.74, 6) is 0.197. The molecule has 0 radical (unpaired) electrons. The molecule has 3 aromatic rings. The zero-order valence-electron chi connectivity index (χ0n) is 21.6. The number of halogens is 4. The van der Waals surface area contributed by atoms with Gasteiger partial charge >= 0.3 is 12.2 Å². The fourth-order valence-electron chi connectivity index (χ4n) is 5.08. The smallest absolute Gasteiger partial charge is 0.416 e. The number of rotatable bonds is 7. The van der Waals surface area contributed by atoms with Crippen molar-refractivity contribution in [1.29, 1.82) is 0 Å². The molecule has 2 heterocycles. The first-order valence-corrected chi connectivity index (χ1v) is 13.3. The summed E-state index contributed by atoms with van der Waals surface area (Å²) in [4.78, 5) is 25.2. The maximum absolute atomic E-state index is 12.8. The van der Waals surface area contributed by atoms with Crippen LogP contribution in [0.5, 0.6) is 5.75 Å². The Hall–Kier alpha value is -3.80. The van der Waals surface area contributed by atoms with E-state index in [0.29, 0.717) is 29.4 Å². The standard InChI is InChI=1S/C29H27ClF3N3O5/c30-18-5-1-16(2-6-18)14-34-26(38)13-21-12-23-22-11-20(9-10-24(22)41-27(23)25(15-37)40-21)36-28(39)35-19-7-3-17(4-8-19)29(31,32)33/h1-11,21,23,25,27,37H,12-15H2,(H,34,38)(H2,35,36,39)/t21-,23+,25-,27-/m1/s1. The molecule has 2 aliphatic rings. The second-order valence-electron chi connectivity index (χ2n) is 9.92. The van der Waals surface area contributed by atoms with Gasteiger partial charge in [-0.05, 0) is 66.6 Å². The van der Waals surface area contributed by atoms with E-state index in [0.717, 1.165) is 23.3 Å². The van der Waals surface area contributed by atoms with Crippen molar-refractivity contribution >= 4 is 34.9 Å². The highest BCUT2D eigenvalue weighted by molar-refractivity contribution is 6.30.